The number of thioether (sulfide) groups is 1. The van der Waals surface area contributed by atoms with Gasteiger partial charge in [0.2, 0.25) is 5.91 Å². The second kappa shape index (κ2) is 10.2. The second-order valence-corrected chi connectivity index (χ2v) is 9.56. The smallest absolute Gasteiger partial charge is 0.417 e. The molecule has 0 radical (unpaired) electrons. The van der Waals surface area contributed by atoms with Crippen LogP contribution < -0.4 is 9.47 Å². The van der Waals surface area contributed by atoms with E-state index in [1.54, 1.807) is 35.6 Å². The number of methoxy groups -OCH3 is 2. The first-order valence-electron chi connectivity index (χ1n) is 10.5. The number of fused-ring (bicyclic) bond motifs is 1. The van der Waals surface area contributed by atoms with E-state index in [4.69, 9.17) is 9.47 Å². The molecule has 3 aromatic rings. The molecule has 11 heteroatoms. The van der Waals surface area contributed by atoms with Crippen molar-refractivity contribution in [3.8, 4) is 28.1 Å². The van der Waals surface area contributed by atoms with E-state index in [2.05, 4.69) is 4.98 Å². The Balaban J connectivity index is 1.56. The number of halogens is 3. The summed E-state index contributed by atoms with van der Waals surface area (Å²) < 4.78 is 51.8. The fourth-order valence-corrected chi connectivity index (χ4v) is 5.42. The lowest BCUT2D eigenvalue weighted by Crippen LogP contribution is -2.37. The van der Waals surface area contributed by atoms with Gasteiger partial charge in [-0.25, -0.2) is 4.98 Å². The van der Waals surface area contributed by atoms with Crippen LogP contribution in [0.15, 0.2) is 40.7 Å². The normalized spacial score (nSPS) is 13.2. The van der Waals surface area contributed by atoms with Crippen molar-refractivity contribution < 1.29 is 27.4 Å². The van der Waals surface area contributed by atoms with Gasteiger partial charge in [0, 0.05) is 13.1 Å². The Morgan fingerprint density at radius 2 is 1.94 bits per heavy atom. The van der Waals surface area contributed by atoms with Crippen LogP contribution in [0.4, 0.5) is 13.2 Å². The topological polar surface area (TPSA) is 75.5 Å². The third kappa shape index (κ3) is 5.23. The van der Waals surface area contributed by atoms with E-state index in [1.807, 2.05) is 12.1 Å². The Labute approximate surface area is 208 Å². The number of hydrogen-bond donors (Lipinski definition) is 0. The monoisotopic (exact) mass is 519 g/mol. The molecule has 2 aromatic heterocycles. The molecular weight excluding hydrogens is 499 g/mol. The average molecular weight is 520 g/mol. The fraction of sp³-hybridized carbons (Fsp3) is 0.292. The molecule has 0 unspecified atom stereocenters. The molecule has 4 rings (SSSR count). The molecule has 1 aliphatic rings. The lowest BCUT2D eigenvalue weighted by Gasteiger charge is -2.29. The second-order valence-electron chi connectivity index (χ2n) is 7.65. The van der Waals surface area contributed by atoms with Gasteiger partial charge in [-0.1, -0.05) is 17.8 Å². The number of amides is 1. The molecule has 0 bridgehead atoms. The van der Waals surface area contributed by atoms with Crippen molar-refractivity contribution in [2.45, 2.75) is 24.2 Å². The fourth-order valence-electron chi connectivity index (χ4n) is 3.83. The van der Waals surface area contributed by atoms with Crippen LogP contribution in [0.1, 0.15) is 22.3 Å². The van der Waals surface area contributed by atoms with Crippen molar-refractivity contribution in [3.05, 3.63) is 58.0 Å². The van der Waals surface area contributed by atoms with Gasteiger partial charge in [-0.3, -0.25) is 4.79 Å². The molecule has 0 atom stereocenters. The third-order valence-corrected chi connectivity index (χ3v) is 7.43. The van der Waals surface area contributed by atoms with E-state index in [1.165, 1.54) is 18.4 Å². The van der Waals surface area contributed by atoms with Gasteiger partial charge in [0.1, 0.15) is 11.1 Å². The summed E-state index contributed by atoms with van der Waals surface area (Å²) in [4.78, 5) is 19.5. The van der Waals surface area contributed by atoms with Gasteiger partial charge in [-0.2, -0.15) is 18.4 Å². The number of nitriles is 1. The van der Waals surface area contributed by atoms with Gasteiger partial charge in [0.05, 0.1) is 41.7 Å². The molecule has 0 aliphatic carbocycles. The van der Waals surface area contributed by atoms with E-state index in [0.29, 0.717) is 35.9 Å². The highest BCUT2D eigenvalue weighted by atomic mass is 32.2. The number of thiophene rings is 1. The van der Waals surface area contributed by atoms with Crippen LogP contribution in [0.5, 0.6) is 11.5 Å². The summed E-state index contributed by atoms with van der Waals surface area (Å²) in [6.07, 6.45) is -4.12. The first kappa shape index (κ1) is 24.9. The van der Waals surface area contributed by atoms with Crippen LogP contribution >= 0.6 is 23.1 Å². The number of alkyl halides is 3. The maximum atomic E-state index is 13.7. The van der Waals surface area contributed by atoms with Crippen molar-refractivity contribution in [1.29, 1.82) is 5.26 Å². The van der Waals surface area contributed by atoms with E-state index in [-0.39, 0.29) is 22.4 Å². The molecule has 1 amide bonds. The minimum Gasteiger partial charge on any atom is -0.493 e. The average Bonchev–Trinajstić information content (AvgIpc) is 3.40. The lowest BCUT2D eigenvalue weighted by atomic mass is 9.99. The highest BCUT2D eigenvalue weighted by Gasteiger charge is 2.36. The number of nitrogens with zero attached hydrogens (tertiary/aromatic N) is 3. The summed E-state index contributed by atoms with van der Waals surface area (Å²) in [6.45, 7) is 0.806. The standard InChI is InChI=1S/C24H20F3N3O3S2/c1-32-19-8-14-5-6-30(12-15(14)9-20(19)33-2)22(31)13-35-23-16(11-28)17(24(25,26)27)10-18(29-23)21-4-3-7-34-21/h3-4,7-10H,5-6,12-13H2,1-2H3. The molecule has 0 saturated heterocycles. The minimum absolute atomic E-state index is 0.108. The third-order valence-electron chi connectivity index (χ3n) is 5.58. The summed E-state index contributed by atoms with van der Waals surface area (Å²) in [5.41, 5.74) is 0.459. The van der Waals surface area contributed by atoms with Gasteiger partial charge in [0.15, 0.2) is 11.5 Å². The molecule has 0 N–H and O–H groups in total. The van der Waals surface area contributed by atoms with Crippen molar-refractivity contribution in [2.24, 2.45) is 0 Å². The number of pyridine rings is 1. The lowest BCUT2D eigenvalue weighted by molar-refractivity contribution is -0.138. The van der Waals surface area contributed by atoms with Gasteiger partial charge in [-0.05, 0) is 47.2 Å². The van der Waals surface area contributed by atoms with Crippen LogP contribution in [0.25, 0.3) is 10.6 Å². The highest BCUT2D eigenvalue weighted by Crippen LogP contribution is 2.39. The molecular formula is C24H20F3N3O3S2. The van der Waals surface area contributed by atoms with E-state index in [0.717, 1.165) is 29.0 Å². The Hall–Kier alpha value is -3.23. The van der Waals surface area contributed by atoms with Gasteiger partial charge < -0.3 is 14.4 Å². The van der Waals surface area contributed by atoms with E-state index in [9.17, 15) is 23.2 Å². The van der Waals surface area contributed by atoms with Crippen LogP contribution in [0.3, 0.4) is 0 Å². The Kier molecular flexibility index (Phi) is 7.23. The number of aromatic nitrogens is 1. The zero-order valence-corrected chi connectivity index (χ0v) is 20.4. The SMILES string of the molecule is COc1cc2c(cc1OC)CN(C(=O)CSc1nc(-c3cccs3)cc(C(F)(F)F)c1C#N)CC2. The number of hydrogen-bond acceptors (Lipinski definition) is 7. The van der Waals surface area contributed by atoms with Crippen molar-refractivity contribution in [3.63, 3.8) is 0 Å². The van der Waals surface area contributed by atoms with E-state index >= 15 is 0 Å². The van der Waals surface area contributed by atoms with E-state index < -0.39 is 17.3 Å². The van der Waals surface area contributed by atoms with Crippen molar-refractivity contribution >= 4 is 29.0 Å². The number of benzene rings is 1. The number of ether oxygens (including phenoxy) is 2. The number of carbonyl (C=O) groups is 1. The summed E-state index contributed by atoms with van der Waals surface area (Å²) in [7, 11) is 3.09. The molecule has 6 nitrogen and oxygen atoms in total. The zero-order chi connectivity index (χ0) is 25.2. The molecule has 35 heavy (non-hydrogen) atoms. The zero-order valence-electron chi connectivity index (χ0n) is 18.8. The number of carbonyl (C=O) groups excluding carboxylic acids is 1. The van der Waals surface area contributed by atoms with Crippen LogP contribution in [-0.4, -0.2) is 42.3 Å². The van der Waals surface area contributed by atoms with Crippen LogP contribution in [-0.2, 0) is 23.9 Å². The largest absolute Gasteiger partial charge is 0.493 e. The molecule has 0 fully saturated rings. The first-order valence-corrected chi connectivity index (χ1v) is 12.3. The van der Waals surface area contributed by atoms with Crippen LogP contribution in [0.2, 0.25) is 0 Å². The molecule has 1 aliphatic heterocycles. The predicted octanol–water partition coefficient (Wildman–Crippen LogP) is 5.39. The maximum Gasteiger partial charge on any atom is 0.417 e. The predicted molar refractivity (Wildman–Crippen MR) is 127 cm³/mol. The summed E-state index contributed by atoms with van der Waals surface area (Å²) in [6, 6.07) is 9.61. The van der Waals surface area contributed by atoms with Gasteiger partial charge >= 0.3 is 6.18 Å². The molecule has 3 heterocycles. The highest BCUT2D eigenvalue weighted by molar-refractivity contribution is 8.00. The van der Waals surface area contributed by atoms with Crippen LogP contribution in [0, 0.1) is 11.3 Å². The molecule has 182 valence electrons. The first-order chi connectivity index (χ1) is 16.7. The minimum atomic E-state index is -4.73. The molecule has 0 spiro atoms. The Bertz CT molecular complexity index is 1290. The molecule has 0 saturated carbocycles. The maximum absolute atomic E-state index is 13.7. The summed E-state index contributed by atoms with van der Waals surface area (Å²) in [5.74, 6) is 0.775. The Morgan fingerprint density at radius 1 is 1.23 bits per heavy atom. The Morgan fingerprint density at radius 3 is 2.54 bits per heavy atom. The van der Waals surface area contributed by atoms with Gasteiger partial charge in [-0.15, -0.1) is 11.3 Å². The quantitative estimate of drug-likeness (QED) is 0.406. The summed E-state index contributed by atoms with van der Waals surface area (Å²) >= 11 is 2.09. The number of rotatable bonds is 6. The van der Waals surface area contributed by atoms with Gasteiger partial charge in [0.25, 0.3) is 0 Å². The van der Waals surface area contributed by atoms with Crippen molar-refractivity contribution in [2.75, 3.05) is 26.5 Å². The van der Waals surface area contributed by atoms with Crippen molar-refractivity contribution in [1.82, 2.24) is 9.88 Å². The summed E-state index contributed by atoms with van der Waals surface area (Å²) in [5, 5.41) is 11.1. The molecule has 1 aromatic carbocycles.